The van der Waals surface area contributed by atoms with Crippen LogP contribution in [0.2, 0.25) is 0 Å². The predicted molar refractivity (Wildman–Crippen MR) is 107 cm³/mol. The molecule has 3 rings (SSSR count). The molecule has 0 fully saturated rings. The number of thiol groups is 2. The van der Waals surface area contributed by atoms with Crippen molar-refractivity contribution in [2.75, 3.05) is 6.26 Å². The Bertz CT molecular complexity index is 1020. The van der Waals surface area contributed by atoms with E-state index in [-0.39, 0.29) is 5.97 Å². The zero-order valence-electron chi connectivity index (χ0n) is 13.7. The first-order chi connectivity index (χ1) is 12.1. The third-order valence-electron chi connectivity index (χ3n) is 3.11. The van der Waals surface area contributed by atoms with Crippen LogP contribution >= 0.6 is 25.3 Å². The third-order valence-corrected chi connectivity index (χ3v) is 3.69. The third kappa shape index (κ3) is 6.72. The van der Waals surface area contributed by atoms with Crippen molar-refractivity contribution < 1.29 is 22.5 Å². The Labute approximate surface area is 162 Å². The van der Waals surface area contributed by atoms with Crippen LogP contribution in [-0.2, 0) is 10.1 Å². The second kappa shape index (κ2) is 8.59. The molecule has 136 valence electrons. The van der Waals surface area contributed by atoms with Crippen LogP contribution in [0.5, 0.6) is 5.75 Å². The summed E-state index contributed by atoms with van der Waals surface area (Å²) in [7, 11) is -3.67. The summed E-state index contributed by atoms with van der Waals surface area (Å²) in [6.45, 7) is 0. The van der Waals surface area contributed by atoms with Gasteiger partial charge in [0.15, 0.2) is 0 Å². The molecule has 0 atom stereocenters. The van der Waals surface area contributed by atoms with Gasteiger partial charge in [0.25, 0.3) is 10.1 Å². The van der Waals surface area contributed by atoms with E-state index >= 15 is 0 Å². The van der Waals surface area contributed by atoms with Crippen molar-refractivity contribution in [3.8, 4) is 5.75 Å². The Balaban J connectivity index is 0.000000431. The summed E-state index contributed by atoms with van der Waals surface area (Å²) in [6, 6.07) is 18.3. The van der Waals surface area contributed by atoms with Gasteiger partial charge in [-0.1, -0.05) is 12.1 Å². The van der Waals surface area contributed by atoms with Gasteiger partial charge in [0, 0.05) is 9.79 Å². The maximum absolute atomic E-state index is 12.1. The molecule has 3 aromatic rings. The molecule has 0 spiro atoms. The summed E-state index contributed by atoms with van der Waals surface area (Å²) in [5, 5.41) is 2.06. The average Bonchev–Trinajstić information content (AvgIpc) is 2.54. The van der Waals surface area contributed by atoms with E-state index in [1.165, 1.54) is 0 Å². The molecule has 0 saturated carbocycles. The first-order valence-electron chi connectivity index (χ1n) is 7.28. The lowest BCUT2D eigenvalue weighted by Crippen LogP contribution is -2.08. The maximum atomic E-state index is 12.1. The van der Waals surface area contributed by atoms with E-state index in [9.17, 15) is 13.2 Å². The molecule has 5 nitrogen and oxygen atoms in total. The lowest BCUT2D eigenvalue weighted by molar-refractivity contribution is 0.0735. The minimum Gasteiger partial charge on any atom is -0.423 e. The molecule has 0 bridgehead atoms. The molecule has 0 aliphatic rings. The molecular weight excluding hydrogens is 392 g/mol. The molecule has 0 aromatic heterocycles. The molecule has 1 N–H and O–H groups in total. The minimum atomic E-state index is -3.67. The Hall–Kier alpha value is -2.00. The van der Waals surface area contributed by atoms with Gasteiger partial charge in [-0.15, -0.1) is 25.3 Å². The van der Waals surface area contributed by atoms with E-state index in [1.807, 2.05) is 30.3 Å². The molecule has 3 aromatic carbocycles. The molecule has 0 amide bonds. The molecule has 0 aliphatic carbocycles. The van der Waals surface area contributed by atoms with Gasteiger partial charge in [-0.2, -0.15) is 8.42 Å². The van der Waals surface area contributed by atoms with Gasteiger partial charge in [-0.25, -0.2) is 4.79 Å². The zero-order valence-corrected chi connectivity index (χ0v) is 16.3. The highest BCUT2D eigenvalue weighted by Gasteiger charge is 2.08. The molecule has 0 radical (unpaired) electrons. The Kier molecular flexibility index (Phi) is 6.71. The van der Waals surface area contributed by atoms with Crippen molar-refractivity contribution in [1.82, 2.24) is 0 Å². The monoisotopic (exact) mass is 408 g/mol. The number of esters is 1. The minimum absolute atomic E-state index is 0.381. The van der Waals surface area contributed by atoms with E-state index < -0.39 is 10.1 Å². The van der Waals surface area contributed by atoms with Crippen LogP contribution in [0.15, 0.2) is 70.5 Å². The van der Waals surface area contributed by atoms with E-state index in [0.29, 0.717) is 17.6 Å². The van der Waals surface area contributed by atoms with E-state index in [1.54, 1.807) is 30.3 Å². The first-order valence-corrected chi connectivity index (χ1v) is 10.0. The van der Waals surface area contributed by atoms with E-state index in [0.717, 1.165) is 20.6 Å². The largest absolute Gasteiger partial charge is 0.423 e. The number of ether oxygens (including phenoxy) is 1. The summed E-state index contributed by atoms with van der Waals surface area (Å²) >= 11 is 8.50. The van der Waals surface area contributed by atoms with Crippen LogP contribution in [-0.4, -0.2) is 25.2 Å². The fraction of sp³-hybridized carbons (Fsp3) is 0.0556. The summed E-state index contributed by atoms with van der Waals surface area (Å²) in [5.41, 5.74) is 0.499. The highest BCUT2D eigenvalue weighted by Crippen LogP contribution is 2.24. The molecule has 0 heterocycles. The van der Waals surface area contributed by atoms with Gasteiger partial charge in [0.05, 0.1) is 11.8 Å². The quantitative estimate of drug-likeness (QED) is 0.257. The summed E-state index contributed by atoms with van der Waals surface area (Å²) in [5.74, 6) is 0.142. The average molecular weight is 409 g/mol. The smallest absolute Gasteiger partial charge is 0.343 e. The molecule has 0 saturated heterocycles. The van der Waals surface area contributed by atoms with Crippen LogP contribution < -0.4 is 4.74 Å². The standard InChI is InChI=1S/C17H12O2S2.CH4O3S/c18-17(11-2-6-15(20)7-3-11)19-14-5-1-13-10-16(21)8-4-12(13)9-14;1-5(2,3)4/h1-10,20-21H;1H3,(H,2,3,4). The van der Waals surface area contributed by atoms with Gasteiger partial charge in [0.2, 0.25) is 0 Å². The second-order valence-corrected chi connectivity index (χ2v) is 7.86. The highest BCUT2D eigenvalue weighted by molar-refractivity contribution is 7.85. The number of carbonyl (C=O) groups excluding carboxylic acids is 1. The number of hydrogen-bond donors (Lipinski definition) is 3. The lowest BCUT2D eigenvalue weighted by atomic mass is 10.1. The number of carbonyl (C=O) groups is 1. The number of hydrogen-bond acceptors (Lipinski definition) is 6. The van der Waals surface area contributed by atoms with Gasteiger partial charge in [-0.05, 0) is 59.3 Å². The van der Waals surface area contributed by atoms with Crippen LogP contribution in [0, 0.1) is 0 Å². The van der Waals surface area contributed by atoms with Gasteiger partial charge >= 0.3 is 5.97 Å². The van der Waals surface area contributed by atoms with Crippen molar-refractivity contribution in [1.29, 1.82) is 0 Å². The van der Waals surface area contributed by atoms with Crippen molar-refractivity contribution in [3.63, 3.8) is 0 Å². The van der Waals surface area contributed by atoms with Crippen molar-refractivity contribution in [3.05, 3.63) is 66.2 Å². The van der Waals surface area contributed by atoms with Crippen LogP contribution in [0.1, 0.15) is 10.4 Å². The molecule has 0 unspecified atom stereocenters. The normalized spacial score (nSPS) is 10.8. The number of benzene rings is 3. The van der Waals surface area contributed by atoms with Gasteiger partial charge in [0.1, 0.15) is 5.75 Å². The number of fused-ring (bicyclic) bond motifs is 1. The Morgan fingerprint density at radius 3 is 2.00 bits per heavy atom. The first kappa shape index (κ1) is 20.3. The Morgan fingerprint density at radius 2 is 1.38 bits per heavy atom. The molecular formula is C18H16O5S3. The predicted octanol–water partition coefficient (Wildman–Crippen LogP) is 4.14. The summed E-state index contributed by atoms with van der Waals surface area (Å²) < 4.78 is 31.3. The van der Waals surface area contributed by atoms with Crippen LogP contribution in [0.25, 0.3) is 10.8 Å². The van der Waals surface area contributed by atoms with Crippen molar-refractivity contribution >= 4 is 52.1 Å². The summed E-state index contributed by atoms with van der Waals surface area (Å²) in [4.78, 5) is 13.8. The molecule has 26 heavy (non-hydrogen) atoms. The fourth-order valence-corrected chi connectivity index (χ4v) is 2.40. The fourth-order valence-electron chi connectivity index (χ4n) is 2.04. The van der Waals surface area contributed by atoms with Gasteiger partial charge in [-0.3, -0.25) is 4.55 Å². The SMILES string of the molecule is CS(=O)(=O)O.O=C(Oc1ccc2cc(S)ccc2c1)c1ccc(S)cc1. The summed E-state index contributed by atoms with van der Waals surface area (Å²) in [6.07, 6.45) is 0.715. The zero-order chi connectivity index (χ0) is 19.3. The van der Waals surface area contributed by atoms with Gasteiger partial charge < -0.3 is 4.74 Å². The topological polar surface area (TPSA) is 80.7 Å². The van der Waals surface area contributed by atoms with Crippen molar-refractivity contribution in [2.24, 2.45) is 0 Å². The Morgan fingerprint density at radius 1 is 0.885 bits per heavy atom. The highest BCUT2D eigenvalue weighted by atomic mass is 32.2. The van der Waals surface area contributed by atoms with Crippen LogP contribution in [0.4, 0.5) is 0 Å². The second-order valence-electron chi connectivity index (χ2n) is 5.36. The van der Waals surface area contributed by atoms with Crippen LogP contribution in [0.3, 0.4) is 0 Å². The maximum Gasteiger partial charge on any atom is 0.343 e. The molecule has 8 heteroatoms. The van der Waals surface area contributed by atoms with E-state index in [2.05, 4.69) is 25.3 Å². The van der Waals surface area contributed by atoms with Crippen molar-refractivity contribution in [2.45, 2.75) is 9.79 Å². The molecule has 0 aliphatic heterocycles. The number of rotatable bonds is 2. The lowest BCUT2D eigenvalue weighted by Gasteiger charge is -2.06. The van der Waals surface area contributed by atoms with E-state index in [4.69, 9.17) is 9.29 Å².